The van der Waals surface area contributed by atoms with Gasteiger partial charge in [0.1, 0.15) is 18.1 Å². The van der Waals surface area contributed by atoms with E-state index in [0.29, 0.717) is 6.61 Å². The summed E-state index contributed by atoms with van der Waals surface area (Å²) in [5.74, 6) is 1.60. The second-order valence-electron chi connectivity index (χ2n) is 6.41. The molecule has 0 N–H and O–H groups in total. The van der Waals surface area contributed by atoms with Crippen molar-refractivity contribution in [1.29, 1.82) is 0 Å². The summed E-state index contributed by atoms with van der Waals surface area (Å²) < 4.78 is 11.1. The summed E-state index contributed by atoms with van der Waals surface area (Å²) in [5.41, 5.74) is 5.22. The zero-order chi connectivity index (χ0) is 19.8. The van der Waals surface area contributed by atoms with E-state index in [2.05, 4.69) is 42.9 Å². The maximum atomic E-state index is 5.91. The molecule has 0 unspecified atom stereocenters. The normalized spacial score (nSPS) is 11.7. The van der Waals surface area contributed by atoms with Gasteiger partial charge in [0, 0.05) is 26.2 Å². The Labute approximate surface area is 162 Å². The number of hydrogen-bond acceptors (Lipinski definition) is 4. The third-order valence-corrected chi connectivity index (χ3v) is 4.45. The fourth-order valence-corrected chi connectivity index (χ4v) is 2.58. The van der Waals surface area contributed by atoms with Crippen molar-refractivity contribution in [1.82, 2.24) is 4.90 Å². The minimum Gasteiger partial charge on any atom is -0.497 e. The van der Waals surface area contributed by atoms with Crippen LogP contribution < -0.4 is 9.47 Å². The Morgan fingerprint density at radius 2 is 1.74 bits per heavy atom. The van der Waals surface area contributed by atoms with Crippen LogP contribution >= 0.6 is 0 Å². The Kier molecular flexibility index (Phi) is 7.41. The van der Waals surface area contributed by atoms with Crippen LogP contribution in [0.1, 0.15) is 23.6 Å². The van der Waals surface area contributed by atoms with E-state index in [1.165, 1.54) is 0 Å². The molecular formula is C22H29N3O2. The zero-order valence-electron chi connectivity index (χ0n) is 17.1. The molecule has 0 fully saturated rings. The summed E-state index contributed by atoms with van der Waals surface area (Å²) in [4.78, 5) is 11.1. The number of aryl methyl sites for hydroxylation is 2. The van der Waals surface area contributed by atoms with Crippen LogP contribution in [0.2, 0.25) is 0 Å². The highest BCUT2D eigenvalue weighted by Crippen LogP contribution is 2.24. The number of hydrogen-bond donors (Lipinski definition) is 0. The summed E-state index contributed by atoms with van der Waals surface area (Å²) >= 11 is 0. The van der Waals surface area contributed by atoms with Crippen LogP contribution in [0, 0.1) is 13.8 Å². The van der Waals surface area contributed by atoms with Gasteiger partial charge >= 0.3 is 0 Å². The lowest BCUT2D eigenvalue weighted by Crippen LogP contribution is -2.15. The van der Waals surface area contributed by atoms with E-state index < -0.39 is 0 Å². The van der Waals surface area contributed by atoms with Gasteiger partial charge in [0.2, 0.25) is 0 Å². The van der Waals surface area contributed by atoms with E-state index in [0.717, 1.165) is 46.1 Å². The van der Waals surface area contributed by atoms with Crippen molar-refractivity contribution < 1.29 is 9.47 Å². The summed E-state index contributed by atoms with van der Waals surface area (Å²) in [6.45, 7) is 7.58. The van der Waals surface area contributed by atoms with Crippen LogP contribution in [-0.4, -0.2) is 51.3 Å². The molecule has 144 valence electrons. The Morgan fingerprint density at radius 3 is 2.33 bits per heavy atom. The summed E-state index contributed by atoms with van der Waals surface area (Å²) in [7, 11) is 5.46. The predicted molar refractivity (Wildman–Crippen MR) is 113 cm³/mol. The first-order valence-electron chi connectivity index (χ1n) is 9.07. The van der Waals surface area contributed by atoms with Crippen LogP contribution in [0.3, 0.4) is 0 Å². The SMILES string of the molecule is CCN(C)C=Nc1cc(C)c(C(COc2ccc(OC)cc2)=NC)cc1C. The molecule has 0 saturated heterocycles. The van der Waals surface area contributed by atoms with Gasteiger partial charge in [-0.05, 0) is 68.3 Å². The quantitative estimate of drug-likeness (QED) is 0.512. The van der Waals surface area contributed by atoms with Gasteiger partial charge in [0.05, 0.1) is 24.8 Å². The maximum Gasteiger partial charge on any atom is 0.130 e. The molecule has 2 aromatic rings. The molecule has 5 nitrogen and oxygen atoms in total. The Hall–Kier alpha value is -2.82. The summed E-state index contributed by atoms with van der Waals surface area (Å²) in [5, 5.41) is 0. The van der Waals surface area contributed by atoms with Crippen LogP contribution in [0.4, 0.5) is 5.69 Å². The Balaban J connectivity index is 2.16. The molecule has 0 amide bonds. The molecule has 0 aliphatic carbocycles. The van der Waals surface area contributed by atoms with E-state index in [1.54, 1.807) is 14.2 Å². The molecular weight excluding hydrogens is 338 g/mol. The Morgan fingerprint density at radius 1 is 1.07 bits per heavy atom. The van der Waals surface area contributed by atoms with E-state index in [-0.39, 0.29) is 0 Å². The molecule has 0 spiro atoms. The zero-order valence-corrected chi connectivity index (χ0v) is 17.1. The number of methoxy groups -OCH3 is 1. The predicted octanol–water partition coefficient (Wildman–Crippen LogP) is 4.42. The lowest BCUT2D eigenvalue weighted by molar-refractivity contribution is 0.374. The van der Waals surface area contributed by atoms with E-state index >= 15 is 0 Å². The molecule has 2 rings (SSSR count). The Bertz CT molecular complexity index is 811. The van der Waals surface area contributed by atoms with Crippen LogP contribution in [0.5, 0.6) is 11.5 Å². The van der Waals surface area contributed by atoms with Crippen LogP contribution in [0.25, 0.3) is 0 Å². The van der Waals surface area contributed by atoms with Gasteiger partial charge in [-0.3, -0.25) is 4.99 Å². The van der Waals surface area contributed by atoms with Crippen molar-refractivity contribution in [3.05, 3.63) is 53.1 Å². The summed E-state index contributed by atoms with van der Waals surface area (Å²) in [6, 6.07) is 11.8. The van der Waals surface area contributed by atoms with Gasteiger partial charge in [0.15, 0.2) is 0 Å². The van der Waals surface area contributed by atoms with E-state index in [1.807, 2.05) is 42.6 Å². The molecule has 0 radical (unpaired) electrons. The van der Waals surface area contributed by atoms with Gasteiger partial charge in [-0.1, -0.05) is 0 Å². The number of nitrogens with zero attached hydrogens (tertiary/aromatic N) is 3. The fourth-order valence-electron chi connectivity index (χ4n) is 2.58. The van der Waals surface area contributed by atoms with Gasteiger partial charge in [-0.25, -0.2) is 4.99 Å². The second-order valence-corrected chi connectivity index (χ2v) is 6.41. The van der Waals surface area contributed by atoms with E-state index in [9.17, 15) is 0 Å². The highest BCUT2D eigenvalue weighted by atomic mass is 16.5. The third-order valence-electron chi connectivity index (χ3n) is 4.45. The monoisotopic (exact) mass is 367 g/mol. The maximum absolute atomic E-state index is 5.91. The largest absolute Gasteiger partial charge is 0.497 e. The minimum atomic E-state index is 0.407. The number of ether oxygens (including phenoxy) is 2. The molecule has 0 aliphatic heterocycles. The van der Waals surface area contributed by atoms with Gasteiger partial charge in [0.25, 0.3) is 0 Å². The third kappa shape index (κ3) is 5.58. The molecule has 27 heavy (non-hydrogen) atoms. The lowest BCUT2D eigenvalue weighted by Gasteiger charge is -2.14. The van der Waals surface area contributed by atoms with Crippen molar-refractivity contribution in [2.75, 3.05) is 34.4 Å². The number of rotatable bonds is 8. The highest BCUT2D eigenvalue weighted by molar-refractivity contribution is 6.03. The fraction of sp³-hybridized carbons (Fsp3) is 0.364. The van der Waals surface area contributed by atoms with Crippen molar-refractivity contribution in [3.8, 4) is 11.5 Å². The molecule has 5 heteroatoms. The lowest BCUT2D eigenvalue weighted by atomic mass is 10.00. The van der Waals surface area contributed by atoms with Crippen LogP contribution in [-0.2, 0) is 0 Å². The smallest absolute Gasteiger partial charge is 0.130 e. The standard InChI is InChI=1S/C22H29N3O2/c1-7-25(5)15-24-21-13-16(2)20(12-17(21)3)22(23-4)14-27-19-10-8-18(26-6)9-11-19/h8-13,15H,7,14H2,1-6H3. The minimum absolute atomic E-state index is 0.407. The van der Waals surface area contributed by atoms with Crippen molar-refractivity contribution in [2.24, 2.45) is 9.98 Å². The average Bonchev–Trinajstić information content (AvgIpc) is 2.69. The topological polar surface area (TPSA) is 46.4 Å². The number of benzene rings is 2. The highest BCUT2D eigenvalue weighted by Gasteiger charge is 2.11. The number of aliphatic imine (C=N–C) groups is 2. The van der Waals surface area contributed by atoms with Gasteiger partial charge < -0.3 is 14.4 Å². The molecule has 0 saturated carbocycles. The molecule has 0 heterocycles. The van der Waals surface area contributed by atoms with Crippen molar-refractivity contribution in [2.45, 2.75) is 20.8 Å². The van der Waals surface area contributed by atoms with E-state index in [4.69, 9.17) is 9.47 Å². The van der Waals surface area contributed by atoms with Gasteiger partial charge in [-0.15, -0.1) is 0 Å². The first kappa shape index (κ1) is 20.5. The molecule has 0 aliphatic rings. The first-order chi connectivity index (χ1) is 13.0. The van der Waals surface area contributed by atoms with Crippen molar-refractivity contribution >= 4 is 17.7 Å². The molecule has 0 aromatic heterocycles. The molecule has 2 aromatic carbocycles. The second kappa shape index (κ2) is 9.76. The molecule has 0 bridgehead atoms. The van der Waals surface area contributed by atoms with Gasteiger partial charge in [-0.2, -0.15) is 0 Å². The van der Waals surface area contributed by atoms with Crippen molar-refractivity contribution in [3.63, 3.8) is 0 Å². The van der Waals surface area contributed by atoms with Crippen LogP contribution in [0.15, 0.2) is 46.4 Å². The summed E-state index contributed by atoms with van der Waals surface area (Å²) in [6.07, 6.45) is 1.86. The average molecular weight is 367 g/mol. The first-order valence-corrected chi connectivity index (χ1v) is 9.07. The molecule has 0 atom stereocenters.